The quantitative estimate of drug-likeness (QED) is 0.361. The van der Waals surface area contributed by atoms with E-state index in [1.54, 1.807) is 11.8 Å². The van der Waals surface area contributed by atoms with Gasteiger partial charge in [-0.05, 0) is 30.5 Å². The highest BCUT2D eigenvalue weighted by molar-refractivity contribution is 7.99. The minimum Gasteiger partial charge on any atom is -0.399 e. The molecule has 1 aromatic heterocycles. The van der Waals surface area contributed by atoms with Crippen LogP contribution in [-0.2, 0) is 6.42 Å². The summed E-state index contributed by atoms with van der Waals surface area (Å²) < 4.78 is 1.44. The number of thioether (sulfide) groups is 1. The molecule has 0 bridgehead atoms. The maximum Gasteiger partial charge on any atom is 0.209 e. The van der Waals surface area contributed by atoms with Gasteiger partial charge in [-0.15, -0.1) is 10.2 Å². The third kappa shape index (κ3) is 3.39. The van der Waals surface area contributed by atoms with E-state index in [4.69, 9.17) is 11.6 Å². The van der Waals surface area contributed by atoms with Crippen molar-refractivity contribution < 1.29 is 0 Å². The summed E-state index contributed by atoms with van der Waals surface area (Å²) in [7, 11) is 0. The number of rotatable bonds is 5. The monoisotopic (exact) mass is 249 g/mol. The van der Waals surface area contributed by atoms with Crippen molar-refractivity contribution in [2.75, 3.05) is 17.3 Å². The van der Waals surface area contributed by atoms with Crippen LogP contribution < -0.4 is 11.6 Å². The minimum absolute atomic E-state index is 0.748. The van der Waals surface area contributed by atoms with Gasteiger partial charge in [-0.1, -0.05) is 23.9 Å². The SMILES string of the molecule is Nc1cccc(CCCSc2nncn2N)c1. The Labute approximate surface area is 104 Å². The van der Waals surface area contributed by atoms with E-state index in [1.807, 2.05) is 18.2 Å². The van der Waals surface area contributed by atoms with Crippen LogP contribution in [0.4, 0.5) is 5.69 Å². The van der Waals surface area contributed by atoms with Crippen molar-refractivity contribution in [2.24, 2.45) is 0 Å². The number of aryl methyl sites for hydroxylation is 1. The molecule has 0 fully saturated rings. The molecule has 90 valence electrons. The van der Waals surface area contributed by atoms with Gasteiger partial charge in [0.15, 0.2) is 0 Å². The molecule has 2 aromatic rings. The summed E-state index contributed by atoms with van der Waals surface area (Å²) in [5.74, 6) is 6.57. The molecule has 0 radical (unpaired) electrons. The van der Waals surface area contributed by atoms with Gasteiger partial charge in [-0.2, -0.15) is 0 Å². The summed E-state index contributed by atoms with van der Waals surface area (Å²) in [4.78, 5) is 0. The molecular formula is C11H15N5S. The highest BCUT2D eigenvalue weighted by atomic mass is 32.2. The van der Waals surface area contributed by atoms with Crippen LogP contribution in [0.5, 0.6) is 0 Å². The van der Waals surface area contributed by atoms with E-state index in [0.29, 0.717) is 0 Å². The average Bonchev–Trinajstić information content (AvgIpc) is 2.71. The molecule has 0 aliphatic carbocycles. The Hall–Kier alpha value is -1.69. The van der Waals surface area contributed by atoms with E-state index in [-0.39, 0.29) is 0 Å². The fourth-order valence-electron chi connectivity index (χ4n) is 1.52. The van der Waals surface area contributed by atoms with Crippen LogP contribution in [-0.4, -0.2) is 20.6 Å². The third-order valence-electron chi connectivity index (χ3n) is 2.33. The second kappa shape index (κ2) is 5.58. The van der Waals surface area contributed by atoms with Crippen LogP contribution in [0, 0.1) is 0 Å². The molecule has 4 N–H and O–H groups in total. The highest BCUT2D eigenvalue weighted by Gasteiger charge is 2.01. The van der Waals surface area contributed by atoms with Crippen molar-refractivity contribution >= 4 is 17.4 Å². The Bertz CT molecular complexity index is 482. The number of benzene rings is 1. The smallest absolute Gasteiger partial charge is 0.209 e. The zero-order chi connectivity index (χ0) is 12.1. The molecule has 2 rings (SSSR count). The Morgan fingerprint density at radius 1 is 1.35 bits per heavy atom. The highest BCUT2D eigenvalue weighted by Crippen LogP contribution is 2.16. The Morgan fingerprint density at radius 2 is 2.24 bits per heavy atom. The van der Waals surface area contributed by atoms with E-state index in [2.05, 4.69) is 16.3 Å². The van der Waals surface area contributed by atoms with Gasteiger partial charge in [0.2, 0.25) is 5.16 Å². The predicted octanol–water partition coefficient (Wildman–Crippen LogP) is 1.30. The summed E-state index contributed by atoms with van der Waals surface area (Å²) in [5, 5.41) is 8.37. The summed E-state index contributed by atoms with van der Waals surface area (Å²) in [6, 6.07) is 7.98. The van der Waals surface area contributed by atoms with Crippen molar-refractivity contribution in [3.8, 4) is 0 Å². The molecule has 1 heterocycles. The van der Waals surface area contributed by atoms with Crippen LogP contribution >= 0.6 is 11.8 Å². The van der Waals surface area contributed by atoms with E-state index in [1.165, 1.54) is 16.6 Å². The lowest BCUT2D eigenvalue weighted by Crippen LogP contribution is -2.07. The topological polar surface area (TPSA) is 82.8 Å². The second-order valence-corrected chi connectivity index (χ2v) is 4.78. The molecular weight excluding hydrogens is 234 g/mol. The van der Waals surface area contributed by atoms with Gasteiger partial charge in [0.25, 0.3) is 0 Å². The van der Waals surface area contributed by atoms with E-state index < -0.39 is 0 Å². The number of anilines is 1. The number of hydrogen-bond acceptors (Lipinski definition) is 5. The molecule has 6 heteroatoms. The third-order valence-corrected chi connectivity index (χ3v) is 3.38. The molecule has 0 amide bonds. The maximum atomic E-state index is 5.72. The van der Waals surface area contributed by atoms with Crippen LogP contribution in [0.2, 0.25) is 0 Å². The first-order valence-electron chi connectivity index (χ1n) is 5.38. The fourth-order valence-corrected chi connectivity index (χ4v) is 2.30. The number of nitrogens with zero attached hydrogens (tertiary/aromatic N) is 3. The lowest BCUT2D eigenvalue weighted by molar-refractivity contribution is 0.840. The van der Waals surface area contributed by atoms with Gasteiger partial charge in [-0.3, -0.25) is 0 Å². The Morgan fingerprint density at radius 3 is 2.94 bits per heavy atom. The van der Waals surface area contributed by atoms with Crippen molar-refractivity contribution in [3.63, 3.8) is 0 Å². The molecule has 0 spiro atoms. The fraction of sp³-hybridized carbons (Fsp3) is 0.273. The van der Waals surface area contributed by atoms with Crippen LogP contribution in [0.1, 0.15) is 12.0 Å². The molecule has 0 atom stereocenters. The van der Waals surface area contributed by atoms with Gasteiger partial charge in [0.05, 0.1) is 0 Å². The van der Waals surface area contributed by atoms with Crippen LogP contribution in [0.3, 0.4) is 0 Å². The first kappa shape index (κ1) is 11.8. The van der Waals surface area contributed by atoms with Gasteiger partial charge in [-0.25, -0.2) is 4.68 Å². The molecule has 5 nitrogen and oxygen atoms in total. The number of nitrogen functional groups attached to an aromatic ring is 2. The molecule has 0 aliphatic rings. The number of aromatic nitrogens is 3. The lowest BCUT2D eigenvalue weighted by atomic mass is 10.1. The summed E-state index contributed by atoms with van der Waals surface area (Å²) in [5.41, 5.74) is 7.80. The standard InChI is InChI=1S/C11H15N5S/c12-10-5-1-3-9(7-10)4-2-6-17-11-15-14-8-16(11)13/h1,3,5,7-8H,2,4,6,12-13H2. The normalized spacial score (nSPS) is 10.6. The summed E-state index contributed by atoms with van der Waals surface area (Å²) in [6.45, 7) is 0. The molecule has 0 saturated heterocycles. The average molecular weight is 249 g/mol. The van der Waals surface area contributed by atoms with E-state index in [9.17, 15) is 0 Å². The molecule has 0 saturated carbocycles. The Balaban J connectivity index is 1.75. The molecule has 17 heavy (non-hydrogen) atoms. The Kier molecular flexibility index (Phi) is 3.87. The zero-order valence-corrected chi connectivity index (χ0v) is 10.2. The van der Waals surface area contributed by atoms with Crippen molar-refractivity contribution in [2.45, 2.75) is 18.0 Å². The van der Waals surface area contributed by atoms with E-state index >= 15 is 0 Å². The largest absolute Gasteiger partial charge is 0.399 e. The molecule has 0 unspecified atom stereocenters. The maximum absolute atomic E-state index is 5.72. The van der Waals surface area contributed by atoms with Gasteiger partial charge < -0.3 is 11.6 Å². The van der Waals surface area contributed by atoms with Crippen molar-refractivity contribution in [3.05, 3.63) is 36.2 Å². The summed E-state index contributed by atoms with van der Waals surface area (Å²) >= 11 is 1.61. The second-order valence-electron chi connectivity index (χ2n) is 3.72. The first-order valence-corrected chi connectivity index (χ1v) is 6.36. The van der Waals surface area contributed by atoms with Gasteiger partial charge >= 0.3 is 0 Å². The van der Waals surface area contributed by atoms with Crippen molar-refractivity contribution in [1.82, 2.24) is 14.9 Å². The van der Waals surface area contributed by atoms with Gasteiger partial charge in [0.1, 0.15) is 6.33 Å². The lowest BCUT2D eigenvalue weighted by Gasteiger charge is -2.02. The molecule has 1 aromatic carbocycles. The van der Waals surface area contributed by atoms with E-state index in [0.717, 1.165) is 29.4 Å². The van der Waals surface area contributed by atoms with Gasteiger partial charge in [0, 0.05) is 11.4 Å². The number of nitrogens with two attached hydrogens (primary N) is 2. The number of hydrogen-bond donors (Lipinski definition) is 2. The van der Waals surface area contributed by atoms with Crippen LogP contribution in [0.25, 0.3) is 0 Å². The van der Waals surface area contributed by atoms with Crippen molar-refractivity contribution in [1.29, 1.82) is 0 Å². The molecule has 0 aliphatic heterocycles. The summed E-state index contributed by atoms with van der Waals surface area (Å²) in [6.07, 6.45) is 3.57. The van der Waals surface area contributed by atoms with Crippen LogP contribution in [0.15, 0.2) is 35.7 Å². The first-order chi connectivity index (χ1) is 8.25. The predicted molar refractivity (Wildman–Crippen MR) is 70.1 cm³/mol. The zero-order valence-electron chi connectivity index (χ0n) is 9.41. The minimum atomic E-state index is 0.748.